The molecule has 0 fully saturated rings. The lowest BCUT2D eigenvalue weighted by Gasteiger charge is -2.13. The summed E-state index contributed by atoms with van der Waals surface area (Å²) in [6.45, 7) is 2.41. The number of carbonyl (C=O) groups is 1. The van der Waals surface area contributed by atoms with E-state index in [9.17, 15) is 23.1 Å². The van der Waals surface area contributed by atoms with Gasteiger partial charge in [-0.15, -0.1) is 12.4 Å². The minimum absolute atomic E-state index is 0. The van der Waals surface area contributed by atoms with Crippen LogP contribution in [-0.4, -0.2) is 29.8 Å². The smallest absolute Gasteiger partial charge is 0.383 e. The number of alkyl halides is 3. The zero-order valence-corrected chi connectivity index (χ0v) is 9.99. The molecule has 1 atom stereocenters. The molecule has 1 unspecified atom stereocenters. The second-order valence-electron chi connectivity index (χ2n) is 3.82. The number of hydrogen-bond donors (Lipinski definition) is 2. The Morgan fingerprint density at radius 2 is 1.81 bits per heavy atom. The number of carbonyl (C=O) groups excluding carboxylic acids is 1. The van der Waals surface area contributed by atoms with Crippen molar-refractivity contribution in [1.82, 2.24) is 5.32 Å². The zero-order chi connectivity index (χ0) is 12.1. The highest BCUT2D eigenvalue weighted by atomic mass is 35.5. The fourth-order valence-corrected chi connectivity index (χ4v) is 0.927. The van der Waals surface area contributed by atoms with Gasteiger partial charge in [0.2, 0.25) is 5.91 Å². The predicted octanol–water partition coefficient (Wildman–Crippen LogP) is 1.88. The molecule has 1 amide bonds. The van der Waals surface area contributed by atoms with Gasteiger partial charge in [-0.3, -0.25) is 4.79 Å². The van der Waals surface area contributed by atoms with Crippen LogP contribution in [0.4, 0.5) is 13.2 Å². The number of nitrogens with one attached hydrogen (secondary N) is 1. The molecule has 0 radical (unpaired) electrons. The lowest BCUT2D eigenvalue weighted by Crippen LogP contribution is -2.40. The Kier molecular flexibility index (Phi) is 8.64. The SMILES string of the molecule is CC(C)CCC(O)C(=O)NCC(F)(F)F.Cl. The molecule has 2 N–H and O–H groups in total. The predicted molar refractivity (Wildman–Crippen MR) is 56.4 cm³/mol. The molecule has 0 aromatic carbocycles. The van der Waals surface area contributed by atoms with E-state index in [1.54, 1.807) is 5.32 Å². The van der Waals surface area contributed by atoms with Crippen molar-refractivity contribution in [2.45, 2.75) is 39.0 Å². The number of halogens is 4. The van der Waals surface area contributed by atoms with Crippen molar-refractivity contribution in [3.05, 3.63) is 0 Å². The van der Waals surface area contributed by atoms with Crippen molar-refractivity contribution in [3.8, 4) is 0 Å². The van der Waals surface area contributed by atoms with E-state index in [-0.39, 0.29) is 18.8 Å². The van der Waals surface area contributed by atoms with Gasteiger partial charge < -0.3 is 10.4 Å². The third-order valence-electron chi connectivity index (χ3n) is 1.78. The first kappa shape index (κ1) is 17.9. The van der Waals surface area contributed by atoms with Gasteiger partial charge >= 0.3 is 6.18 Å². The standard InChI is InChI=1S/C9H16F3NO2.ClH/c1-6(2)3-4-7(14)8(15)13-5-9(10,11)12;/h6-7,14H,3-5H2,1-2H3,(H,13,15);1H. The molecular weight excluding hydrogens is 247 g/mol. The summed E-state index contributed by atoms with van der Waals surface area (Å²) in [6, 6.07) is 0. The molecule has 7 heteroatoms. The number of hydrogen-bond acceptors (Lipinski definition) is 2. The summed E-state index contributed by atoms with van der Waals surface area (Å²) in [7, 11) is 0. The molecule has 0 aromatic heterocycles. The van der Waals surface area contributed by atoms with Gasteiger partial charge in [0, 0.05) is 0 Å². The second kappa shape index (κ2) is 7.73. The van der Waals surface area contributed by atoms with E-state index in [0.717, 1.165) is 0 Å². The van der Waals surface area contributed by atoms with Gasteiger partial charge in [-0.1, -0.05) is 13.8 Å². The van der Waals surface area contributed by atoms with E-state index in [2.05, 4.69) is 0 Å². The Morgan fingerprint density at radius 1 is 1.31 bits per heavy atom. The Balaban J connectivity index is 0. The average molecular weight is 264 g/mol. The van der Waals surface area contributed by atoms with Gasteiger partial charge in [0.1, 0.15) is 12.6 Å². The van der Waals surface area contributed by atoms with Crippen LogP contribution < -0.4 is 5.32 Å². The van der Waals surface area contributed by atoms with Crippen molar-refractivity contribution in [1.29, 1.82) is 0 Å². The number of rotatable bonds is 5. The number of amides is 1. The topological polar surface area (TPSA) is 49.3 Å². The molecule has 0 aliphatic rings. The Labute approximate surface area is 98.8 Å². The largest absolute Gasteiger partial charge is 0.405 e. The molecule has 0 bridgehead atoms. The maximum Gasteiger partial charge on any atom is 0.405 e. The van der Waals surface area contributed by atoms with Crippen molar-refractivity contribution in [2.24, 2.45) is 5.92 Å². The van der Waals surface area contributed by atoms with Crippen LogP contribution in [0, 0.1) is 5.92 Å². The molecule has 3 nitrogen and oxygen atoms in total. The van der Waals surface area contributed by atoms with Crippen LogP contribution in [0.3, 0.4) is 0 Å². The normalized spacial score (nSPS) is 13.2. The maximum atomic E-state index is 11.7. The molecule has 0 heterocycles. The van der Waals surface area contributed by atoms with Crippen LogP contribution in [0.25, 0.3) is 0 Å². The first-order valence-corrected chi connectivity index (χ1v) is 4.75. The fourth-order valence-electron chi connectivity index (χ4n) is 0.927. The minimum Gasteiger partial charge on any atom is -0.383 e. The Morgan fingerprint density at radius 3 is 2.19 bits per heavy atom. The fraction of sp³-hybridized carbons (Fsp3) is 0.889. The molecule has 0 saturated heterocycles. The summed E-state index contributed by atoms with van der Waals surface area (Å²) in [4.78, 5) is 10.9. The van der Waals surface area contributed by atoms with E-state index in [4.69, 9.17) is 0 Å². The van der Waals surface area contributed by atoms with Gasteiger partial charge in [0.25, 0.3) is 0 Å². The van der Waals surface area contributed by atoms with Crippen molar-refractivity contribution >= 4 is 18.3 Å². The van der Waals surface area contributed by atoms with Gasteiger partial charge in [0.15, 0.2) is 0 Å². The van der Waals surface area contributed by atoms with E-state index in [0.29, 0.717) is 12.3 Å². The zero-order valence-electron chi connectivity index (χ0n) is 9.17. The lowest BCUT2D eigenvalue weighted by atomic mass is 10.0. The molecule has 16 heavy (non-hydrogen) atoms. The Hall–Kier alpha value is -0.490. The highest BCUT2D eigenvalue weighted by Crippen LogP contribution is 2.12. The molecular formula is C9H17ClF3NO2. The summed E-state index contributed by atoms with van der Waals surface area (Å²) >= 11 is 0. The number of aliphatic hydroxyl groups excluding tert-OH is 1. The van der Waals surface area contributed by atoms with Crippen molar-refractivity contribution in [3.63, 3.8) is 0 Å². The van der Waals surface area contributed by atoms with Crippen LogP contribution in [0.1, 0.15) is 26.7 Å². The molecule has 0 saturated carbocycles. The summed E-state index contributed by atoms with van der Waals surface area (Å²) < 4.78 is 35.1. The highest BCUT2D eigenvalue weighted by molar-refractivity contribution is 5.85. The van der Waals surface area contributed by atoms with Crippen molar-refractivity contribution < 1.29 is 23.1 Å². The van der Waals surface area contributed by atoms with E-state index < -0.39 is 24.7 Å². The first-order chi connectivity index (χ1) is 6.72. The van der Waals surface area contributed by atoms with E-state index in [1.165, 1.54) is 0 Å². The maximum absolute atomic E-state index is 11.7. The van der Waals surface area contributed by atoms with Crippen LogP contribution in [0.2, 0.25) is 0 Å². The van der Waals surface area contributed by atoms with E-state index >= 15 is 0 Å². The molecule has 0 aliphatic heterocycles. The minimum atomic E-state index is -4.44. The van der Waals surface area contributed by atoms with Gasteiger partial charge in [0.05, 0.1) is 0 Å². The average Bonchev–Trinajstić information content (AvgIpc) is 2.08. The lowest BCUT2D eigenvalue weighted by molar-refractivity contribution is -0.143. The highest BCUT2D eigenvalue weighted by Gasteiger charge is 2.28. The van der Waals surface area contributed by atoms with Crippen LogP contribution in [0.15, 0.2) is 0 Å². The molecule has 0 aliphatic carbocycles. The first-order valence-electron chi connectivity index (χ1n) is 4.75. The molecule has 0 aromatic rings. The summed E-state index contributed by atoms with van der Waals surface area (Å²) in [5.41, 5.74) is 0. The second-order valence-corrected chi connectivity index (χ2v) is 3.82. The van der Waals surface area contributed by atoms with Gasteiger partial charge in [-0.25, -0.2) is 0 Å². The summed E-state index contributed by atoms with van der Waals surface area (Å²) in [5, 5.41) is 10.8. The molecule has 98 valence electrons. The van der Waals surface area contributed by atoms with Gasteiger partial charge in [-0.2, -0.15) is 13.2 Å². The van der Waals surface area contributed by atoms with Crippen molar-refractivity contribution in [2.75, 3.05) is 6.54 Å². The van der Waals surface area contributed by atoms with Crippen LogP contribution in [0.5, 0.6) is 0 Å². The van der Waals surface area contributed by atoms with Crippen LogP contribution >= 0.6 is 12.4 Å². The Bertz CT molecular complexity index is 209. The number of aliphatic hydroxyl groups is 1. The van der Waals surface area contributed by atoms with E-state index in [1.807, 2.05) is 13.8 Å². The van der Waals surface area contributed by atoms with Gasteiger partial charge in [-0.05, 0) is 18.8 Å². The summed E-state index contributed by atoms with van der Waals surface area (Å²) in [5.74, 6) is -0.664. The monoisotopic (exact) mass is 263 g/mol. The third-order valence-corrected chi connectivity index (χ3v) is 1.78. The molecule has 0 spiro atoms. The quantitative estimate of drug-likeness (QED) is 0.796. The third kappa shape index (κ3) is 10.0. The summed E-state index contributed by atoms with van der Waals surface area (Å²) in [6.07, 6.45) is -5.01. The molecule has 0 rings (SSSR count). The van der Waals surface area contributed by atoms with Crippen LogP contribution in [-0.2, 0) is 4.79 Å².